The summed E-state index contributed by atoms with van der Waals surface area (Å²) >= 11 is 12.1. The standard InChI is InChI=1S/C20H14Cl2N4O/c1-11-2-4-12(5-3-11)14-8-9-23-18-17(14)19(27)26-20(25-18)24-16-7-6-13(21)10-15(16)22/h2-10H,1H3,(H2,23,24,25,26,27). The van der Waals surface area contributed by atoms with Crippen LogP contribution in [0, 0.1) is 6.92 Å². The van der Waals surface area contributed by atoms with Gasteiger partial charge in [-0.05, 0) is 42.3 Å². The Morgan fingerprint density at radius 3 is 2.56 bits per heavy atom. The van der Waals surface area contributed by atoms with Crippen molar-refractivity contribution >= 4 is 45.9 Å². The van der Waals surface area contributed by atoms with Crippen molar-refractivity contribution in [2.24, 2.45) is 0 Å². The Morgan fingerprint density at radius 2 is 1.81 bits per heavy atom. The summed E-state index contributed by atoms with van der Waals surface area (Å²) in [5.41, 5.74) is 3.51. The molecule has 0 saturated heterocycles. The number of halogens is 2. The van der Waals surface area contributed by atoms with Crippen LogP contribution in [0.15, 0.2) is 59.5 Å². The lowest BCUT2D eigenvalue weighted by atomic mass is 10.0. The van der Waals surface area contributed by atoms with E-state index in [0.29, 0.717) is 26.8 Å². The van der Waals surface area contributed by atoms with Gasteiger partial charge in [0.25, 0.3) is 5.56 Å². The maximum atomic E-state index is 12.8. The van der Waals surface area contributed by atoms with Gasteiger partial charge in [0.15, 0.2) is 5.65 Å². The Kier molecular flexibility index (Phi) is 4.56. The molecule has 4 rings (SSSR count). The van der Waals surface area contributed by atoms with Crippen molar-refractivity contribution in [1.29, 1.82) is 0 Å². The van der Waals surface area contributed by atoms with E-state index in [4.69, 9.17) is 23.2 Å². The van der Waals surface area contributed by atoms with Crippen molar-refractivity contribution in [2.45, 2.75) is 6.92 Å². The number of nitrogens with one attached hydrogen (secondary N) is 2. The van der Waals surface area contributed by atoms with Crippen molar-refractivity contribution in [3.63, 3.8) is 0 Å². The van der Waals surface area contributed by atoms with E-state index in [2.05, 4.69) is 20.3 Å². The summed E-state index contributed by atoms with van der Waals surface area (Å²) in [4.78, 5) is 24.2. The number of aromatic amines is 1. The van der Waals surface area contributed by atoms with Gasteiger partial charge in [-0.25, -0.2) is 4.98 Å². The first kappa shape index (κ1) is 17.5. The maximum Gasteiger partial charge on any atom is 0.262 e. The lowest BCUT2D eigenvalue weighted by molar-refractivity contribution is 1.14. The Bertz CT molecular complexity index is 1200. The minimum Gasteiger partial charge on any atom is -0.324 e. The van der Waals surface area contributed by atoms with Gasteiger partial charge in [-0.3, -0.25) is 9.78 Å². The van der Waals surface area contributed by atoms with Crippen molar-refractivity contribution in [1.82, 2.24) is 15.0 Å². The van der Waals surface area contributed by atoms with Gasteiger partial charge in [0.05, 0.1) is 16.1 Å². The molecule has 0 unspecified atom stereocenters. The number of aromatic nitrogens is 3. The van der Waals surface area contributed by atoms with Gasteiger partial charge in [0.1, 0.15) is 0 Å². The zero-order valence-corrected chi connectivity index (χ0v) is 15.8. The van der Waals surface area contributed by atoms with Crippen molar-refractivity contribution in [2.75, 3.05) is 5.32 Å². The van der Waals surface area contributed by atoms with E-state index in [1.807, 2.05) is 37.3 Å². The Labute approximate surface area is 165 Å². The molecule has 0 fully saturated rings. The van der Waals surface area contributed by atoms with E-state index in [-0.39, 0.29) is 11.5 Å². The molecule has 0 aliphatic heterocycles. The molecule has 2 heterocycles. The lowest BCUT2D eigenvalue weighted by Gasteiger charge is -2.10. The van der Waals surface area contributed by atoms with Crippen LogP contribution in [0.2, 0.25) is 10.0 Å². The number of fused-ring (bicyclic) bond motifs is 1. The van der Waals surface area contributed by atoms with Crippen molar-refractivity contribution in [3.05, 3.63) is 80.7 Å². The summed E-state index contributed by atoms with van der Waals surface area (Å²) in [6.45, 7) is 2.02. The second-order valence-electron chi connectivity index (χ2n) is 6.09. The molecule has 27 heavy (non-hydrogen) atoms. The fourth-order valence-electron chi connectivity index (χ4n) is 2.81. The average molecular weight is 397 g/mol. The number of aryl methyl sites for hydroxylation is 1. The Morgan fingerprint density at radius 1 is 1.04 bits per heavy atom. The molecule has 0 bridgehead atoms. The summed E-state index contributed by atoms with van der Waals surface area (Å²) in [5, 5.41) is 4.39. The summed E-state index contributed by atoms with van der Waals surface area (Å²) in [6.07, 6.45) is 1.64. The third-order valence-electron chi connectivity index (χ3n) is 4.15. The Hall–Kier alpha value is -2.89. The van der Waals surface area contributed by atoms with Crippen LogP contribution < -0.4 is 10.9 Å². The van der Waals surface area contributed by atoms with E-state index in [1.165, 1.54) is 0 Å². The zero-order chi connectivity index (χ0) is 19.0. The minimum absolute atomic E-state index is 0.255. The van der Waals surface area contributed by atoms with Gasteiger partial charge in [0, 0.05) is 11.2 Å². The summed E-state index contributed by atoms with van der Waals surface area (Å²) in [7, 11) is 0. The maximum absolute atomic E-state index is 12.8. The summed E-state index contributed by atoms with van der Waals surface area (Å²) in [5.74, 6) is 0.255. The highest BCUT2D eigenvalue weighted by atomic mass is 35.5. The molecule has 0 aliphatic carbocycles. The first-order chi connectivity index (χ1) is 13.0. The first-order valence-electron chi connectivity index (χ1n) is 8.19. The van der Waals surface area contributed by atoms with E-state index >= 15 is 0 Å². The van der Waals surface area contributed by atoms with Crippen molar-refractivity contribution in [3.8, 4) is 11.1 Å². The van der Waals surface area contributed by atoms with Crippen LogP contribution in [0.3, 0.4) is 0 Å². The van der Waals surface area contributed by atoms with Gasteiger partial charge >= 0.3 is 0 Å². The molecule has 0 saturated carbocycles. The third-order valence-corrected chi connectivity index (χ3v) is 4.70. The summed E-state index contributed by atoms with van der Waals surface area (Å²) < 4.78 is 0. The molecule has 0 radical (unpaired) electrons. The van der Waals surface area contributed by atoms with Crippen LogP contribution in [-0.4, -0.2) is 15.0 Å². The molecule has 2 aromatic heterocycles. The number of nitrogens with zero attached hydrogens (tertiary/aromatic N) is 2. The van der Waals surface area contributed by atoms with E-state index in [0.717, 1.165) is 16.7 Å². The molecule has 7 heteroatoms. The second kappa shape index (κ2) is 7.02. The molecular weight excluding hydrogens is 383 g/mol. The van der Waals surface area contributed by atoms with E-state index in [9.17, 15) is 4.79 Å². The molecule has 0 atom stereocenters. The van der Waals surface area contributed by atoms with Crippen LogP contribution in [0.5, 0.6) is 0 Å². The third kappa shape index (κ3) is 3.52. The first-order valence-corrected chi connectivity index (χ1v) is 8.95. The molecule has 2 aromatic carbocycles. The highest BCUT2D eigenvalue weighted by molar-refractivity contribution is 6.36. The molecule has 0 spiro atoms. The molecule has 4 aromatic rings. The van der Waals surface area contributed by atoms with Crippen LogP contribution in [0.25, 0.3) is 22.2 Å². The monoisotopic (exact) mass is 396 g/mol. The Balaban J connectivity index is 1.81. The fourth-order valence-corrected chi connectivity index (χ4v) is 3.27. The normalized spacial score (nSPS) is 10.9. The average Bonchev–Trinajstić information content (AvgIpc) is 2.64. The van der Waals surface area contributed by atoms with Crippen LogP contribution in [0.1, 0.15) is 5.56 Å². The van der Waals surface area contributed by atoms with E-state index < -0.39 is 0 Å². The number of hydrogen-bond acceptors (Lipinski definition) is 4. The van der Waals surface area contributed by atoms with Crippen LogP contribution in [-0.2, 0) is 0 Å². The van der Waals surface area contributed by atoms with Gasteiger partial charge in [-0.15, -0.1) is 0 Å². The quantitative estimate of drug-likeness (QED) is 0.489. The molecule has 2 N–H and O–H groups in total. The number of pyridine rings is 1. The van der Waals surface area contributed by atoms with Crippen LogP contribution in [0.4, 0.5) is 11.6 Å². The number of hydrogen-bond donors (Lipinski definition) is 2. The molecule has 5 nitrogen and oxygen atoms in total. The predicted octanol–water partition coefficient (Wildman–Crippen LogP) is 5.34. The predicted molar refractivity (Wildman–Crippen MR) is 110 cm³/mol. The highest BCUT2D eigenvalue weighted by Crippen LogP contribution is 2.28. The van der Waals surface area contributed by atoms with E-state index in [1.54, 1.807) is 24.4 Å². The van der Waals surface area contributed by atoms with Gasteiger partial charge in [-0.2, -0.15) is 4.98 Å². The lowest BCUT2D eigenvalue weighted by Crippen LogP contribution is -2.13. The number of benzene rings is 2. The summed E-state index contributed by atoms with van der Waals surface area (Å²) in [6, 6.07) is 14.8. The largest absolute Gasteiger partial charge is 0.324 e. The van der Waals surface area contributed by atoms with Crippen molar-refractivity contribution < 1.29 is 0 Å². The minimum atomic E-state index is -0.281. The number of H-pyrrole nitrogens is 1. The number of anilines is 2. The second-order valence-corrected chi connectivity index (χ2v) is 6.93. The smallest absolute Gasteiger partial charge is 0.262 e. The molecule has 0 amide bonds. The van der Waals surface area contributed by atoms with Gasteiger partial charge < -0.3 is 5.32 Å². The zero-order valence-electron chi connectivity index (χ0n) is 14.3. The number of rotatable bonds is 3. The highest BCUT2D eigenvalue weighted by Gasteiger charge is 2.12. The topological polar surface area (TPSA) is 70.7 Å². The van der Waals surface area contributed by atoms with Gasteiger partial charge in [0.2, 0.25) is 5.95 Å². The SMILES string of the molecule is Cc1ccc(-c2ccnc3nc(Nc4ccc(Cl)cc4Cl)[nH]c(=O)c23)cc1. The molecule has 0 aliphatic rings. The van der Waals surface area contributed by atoms with Crippen LogP contribution >= 0.6 is 23.2 Å². The molecular formula is C20H14Cl2N4O. The van der Waals surface area contributed by atoms with Gasteiger partial charge in [-0.1, -0.05) is 53.0 Å². The molecule has 134 valence electrons. The fraction of sp³-hybridized carbons (Fsp3) is 0.0500.